The lowest BCUT2D eigenvalue weighted by molar-refractivity contribution is -0.128. The van der Waals surface area contributed by atoms with Gasteiger partial charge in [-0.1, -0.05) is 31.0 Å². The molecule has 1 N–H and O–H groups in total. The van der Waals surface area contributed by atoms with E-state index in [4.69, 9.17) is 0 Å². The van der Waals surface area contributed by atoms with E-state index in [1.807, 2.05) is 23.1 Å². The number of anilines is 1. The van der Waals surface area contributed by atoms with Gasteiger partial charge in [0.1, 0.15) is 6.04 Å². The van der Waals surface area contributed by atoms with Crippen LogP contribution in [-0.4, -0.2) is 59.0 Å². The smallest absolute Gasteiger partial charge is 0.250 e. The molecule has 160 valence electrons. The lowest BCUT2D eigenvalue weighted by atomic mass is 10.1. The van der Waals surface area contributed by atoms with Gasteiger partial charge >= 0.3 is 0 Å². The summed E-state index contributed by atoms with van der Waals surface area (Å²) in [7, 11) is 0. The summed E-state index contributed by atoms with van der Waals surface area (Å²) in [5, 5.41) is 3.02. The SMILES string of the molecule is O=C(CC(C(=O)N1CCc2ccccc21)n1ccnc1)NCCN1CCCCCC1. The number of para-hydroxylation sites is 1. The van der Waals surface area contributed by atoms with Crippen LogP contribution in [-0.2, 0) is 16.0 Å². The summed E-state index contributed by atoms with van der Waals surface area (Å²) < 4.78 is 1.75. The maximum atomic E-state index is 13.4. The number of hydrogen-bond acceptors (Lipinski definition) is 4. The normalized spacial score (nSPS) is 17.9. The highest BCUT2D eigenvalue weighted by Gasteiger charge is 2.32. The molecule has 0 saturated carbocycles. The Balaban J connectivity index is 1.37. The first-order chi connectivity index (χ1) is 14.7. The third-order valence-electron chi connectivity index (χ3n) is 6.15. The predicted molar refractivity (Wildman–Crippen MR) is 116 cm³/mol. The van der Waals surface area contributed by atoms with Gasteiger partial charge in [0.15, 0.2) is 0 Å². The zero-order chi connectivity index (χ0) is 20.8. The van der Waals surface area contributed by atoms with Crippen LogP contribution in [0.15, 0.2) is 43.0 Å². The van der Waals surface area contributed by atoms with Gasteiger partial charge in [-0.2, -0.15) is 0 Å². The van der Waals surface area contributed by atoms with Crippen molar-refractivity contribution in [1.29, 1.82) is 0 Å². The van der Waals surface area contributed by atoms with Crippen molar-refractivity contribution < 1.29 is 9.59 Å². The number of hydrogen-bond donors (Lipinski definition) is 1. The molecular weight excluding hydrogens is 378 g/mol. The van der Waals surface area contributed by atoms with Gasteiger partial charge in [-0.15, -0.1) is 0 Å². The Labute approximate surface area is 178 Å². The van der Waals surface area contributed by atoms with Crippen LogP contribution in [0.4, 0.5) is 5.69 Å². The maximum absolute atomic E-state index is 13.4. The molecule has 1 fully saturated rings. The van der Waals surface area contributed by atoms with Crippen molar-refractivity contribution in [2.45, 2.75) is 44.6 Å². The molecule has 1 aromatic heterocycles. The minimum Gasteiger partial charge on any atom is -0.355 e. The van der Waals surface area contributed by atoms with Gasteiger partial charge < -0.3 is 19.7 Å². The largest absolute Gasteiger partial charge is 0.355 e. The zero-order valence-electron chi connectivity index (χ0n) is 17.5. The quantitative estimate of drug-likeness (QED) is 0.762. The minimum absolute atomic E-state index is 0.0550. The van der Waals surface area contributed by atoms with Gasteiger partial charge in [-0.05, 0) is 44.0 Å². The molecule has 3 heterocycles. The van der Waals surface area contributed by atoms with Gasteiger partial charge in [0.25, 0.3) is 5.91 Å². The number of carbonyl (C=O) groups is 2. The summed E-state index contributed by atoms with van der Waals surface area (Å²) in [4.78, 5) is 34.4. The van der Waals surface area contributed by atoms with E-state index in [9.17, 15) is 9.59 Å². The van der Waals surface area contributed by atoms with Crippen molar-refractivity contribution in [2.24, 2.45) is 0 Å². The number of nitrogens with zero attached hydrogens (tertiary/aromatic N) is 4. The number of aromatic nitrogens is 2. The molecule has 2 aliphatic rings. The van der Waals surface area contributed by atoms with Gasteiger partial charge in [-0.3, -0.25) is 9.59 Å². The van der Waals surface area contributed by atoms with Gasteiger partial charge in [0.05, 0.1) is 12.7 Å². The first-order valence-corrected chi connectivity index (χ1v) is 11.1. The third kappa shape index (κ3) is 4.90. The number of amides is 2. The summed E-state index contributed by atoms with van der Waals surface area (Å²) in [6.45, 7) is 4.37. The monoisotopic (exact) mass is 409 g/mol. The molecule has 30 heavy (non-hydrogen) atoms. The Kier molecular flexibility index (Phi) is 6.79. The molecule has 1 aromatic carbocycles. The summed E-state index contributed by atoms with van der Waals surface area (Å²) >= 11 is 0. The van der Waals surface area contributed by atoms with Crippen LogP contribution in [0, 0.1) is 0 Å². The lowest BCUT2D eigenvalue weighted by Gasteiger charge is -2.25. The van der Waals surface area contributed by atoms with Crippen molar-refractivity contribution in [2.75, 3.05) is 37.6 Å². The Bertz CT molecular complexity index is 843. The molecule has 0 spiro atoms. The van der Waals surface area contributed by atoms with Crippen LogP contribution in [0.5, 0.6) is 0 Å². The number of benzene rings is 1. The van der Waals surface area contributed by atoms with Crippen molar-refractivity contribution >= 4 is 17.5 Å². The molecule has 0 bridgehead atoms. The topological polar surface area (TPSA) is 70.5 Å². The average Bonchev–Trinajstić information content (AvgIpc) is 3.37. The maximum Gasteiger partial charge on any atom is 0.250 e. The van der Waals surface area contributed by atoms with Crippen LogP contribution in [0.3, 0.4) is 0 Å². The van der Waals surface area contributed by atoms with Gasteiger partial charge in [0.2, 0.25) is 5.91 Å². The molecule has 2 amide bonds. The molecule has 4 rings (SSSR count). The average molecular weight is 410 g/mol. The van der Waals surface area contributed by atoms with Crippen LogP contribution < -0.4 is 10.2 Å². The number of carbonyl (C=O) groups excluding carboxylic acids is 2. The first-order valence-electron chi connectivity index (χ1n) is 11.1. The third-order valence-corrected chi connectivity index (χ3v) is 6.15. The van der Waals surface area contributed by atoms with E-state index in [2.05, 4.69) is 21.3 Å². The Morgan fingerprint density at radius 3 is 2.63 bits per heavy atom. The fraction of sp³-hybridized carbons (Fsp3) is 0.522. The van der Waals surface area contributed by atoms with Gasteiger partial charge in [0, 0.05) is 37.7 Å². The highest BCUT2D eigenvalue weighted by Crippen LogP contribution is 2.30. The van der Waals surface area contributed by atoms with Crippen molar-refractivity contribution in [3.8, 4) is 0 Å². The first kappa shape index (κ1) is 20.6. The number of likely N-dealkylation sites (tertiary alicyclic amines) is 1. The summed E-state index contributed by atoms with van der Waals surface area (Å²) in [5.74, 6) is -0.148. The molecule has 1 atom stereocenters. The highest BCUT2D eigenvalue weighted by atomic mass is 16.2. The Hall–Kier alpha value is -2.67. The van der Waals surface area contributed by atoms with Crippen LogP contribution in [0.1, 0.15) is 43.7 Å². The van der Waals surface area contributed by atoms with E-state index in [1.54, 1.807) is 23.3 Å². The fourth-order valence-electron chi connectivity index (χ4n) is 4.48. The van der Waals surface area contributed by atoms with E-state index in [1.165, 1.54) is 31.2 Å². The van der Waals surface area contributed by atoms with Gasteiger partial charge in [-0.25, -0.2) is 4.98 Å². The molecule has 2 aromatic rings. The molecule has 0 radical (unpaired) electrons. The highest BCUT2D eigenvalue weighted by molar-refractivity contribution is 6.00. The second-order valence-corrected chi connectivity index (χ2v) is 8.20. The van der Waals surface area contributed by atoms with E-state index in [-0.39, 0.29) is 18.2 Å². The van der Waals surface area contributed by atoms with Crippen LogP contribution in [0.25, 0.3) is 0 Å². The zero-order valence-corrected chi connectivity index (χ0v) is 17.5. The van der Waals surface area contributed by atoms with E-state index >= 15 is 0 Å². The molecule has 2 aliphatic heterocycles. The summed E-state index contributed by atoms with van der Waals surface area (Å²) in [5.41, 5.74) is 2.13. The number of fused-ring (bicyclic) bond motifs is 1. The molecule has 0 aliphatic carbocycles. The van der Waals surface area contributed by atoms with Crippen LogP contribution >= 0.6 is 0 Å². The number of rotatable bonds is 7. The summed E-state index contributed by atoms with van der Waals surface area (Å²) in [6, 6.07) is 7.40. The Morgan fingerprint density at radius 2 is 1.87 bits per heavy atom. The van der Waals surface area contributed by atoms with Crippen molar-refractivity contribution in [3.63, 3.8) is 0 Å². The lowest BCUT2D eigenvalue weighted by Crippen LogP contribution is -2.40. The van der Waals surface area contributed by atoms with Crippen molar-refractivity contribution in [1.82, 2.24) is 19.8 Å². The second-order valence-electron chi connectivity index (χ2n) is 8.20. The predicted octanol–water partition coefficient (Wildman–Crippen LogP) is 2.40. The molecule has 1 saturated heterocycles. The minimum atomic E-state index is -0.586. The standard InChI is InChI=1S/C23H31N5O2/c29-22(25-11-15-26-12-5-1-2-6-13-26)17-21(27-16-10-24-18-27)23(30)28-14-9-19-7-3-4-8-20(19)28/h3-4,7-8,10,16,18,21H,1-2,5-6,9,11-15,17H2,(H,25,29). The second kappa shape index (κ2) is 9.89. The fourth-order valence-corrected chi connectivity index (χ4v) is 4.48. The molecular formula is C23H31N5O2. The van der Waals surface area contributed by atoms with E-state index < -0.39 is 6.04 Å². The van der Waals surface area contributed by atoms with Crippen molar-refractivity contribution in [3.05, 3.63) is 48.5 Å². The molecule has 7 nitrogen and oxygen atoms in total. The number of imidazole rings is 1. The summed E-state index contributed by atoms with van der Waals surface area (Å²) in [6.07, 6.45) is 11.1. The van der Waals surface area contributed by atoms with E-state index in [0.29, 0.717) is 13.1 Å². The van der Waals surface area contributed by atoms with Crippen LogP contribution in [0.2, 0.25) is 0 Å². The number of nitrogens with one attached hydrogen (secondary N) is 1. The molecule has 7 heteroatoms. The Morgan fingerprint density at radius 1 is 1.07 bits per heavy atom. The molecule has 1 unspecified atom stereocenters. The van der Waals surface area contributed by atoms with E-state index in [0.717, 1.165) is 31.7 Å².